The van der Waals surface area contributed by atoms with Crippen LogP contribution in [0, 0.1) is 24.7 Å². The van der Waals surface area contributed by atoms with Crippen LogP contribution >= 0.6 is 0 Å². The largest absolute Gasteiger partial charge is 0.115 e. The van der Waals surface area contributed by atoms with Crippen LogP contribution < -0.4 is 0 Å². The summed E-state index contributed by atoms with van der Waals surface area (Å²) in [5, 5.41) is 0. The van der Waals surface area contributed by atoms with E-state index in [1.54, 1.807) is 0 Å². The molecule has 0 N–H and O–H groups in total. The Hall–Kier alpha value is -1.66. The molecule has 12 heavy (non-hydrogen) atoms. The molecule has 0 aliphatic carbocycles. The van der Waals surface area contributed by atoms with Crippen molar-refractivity contribution in [2.24, 2.45) is 0 Å². The lowest BCUT2D eigenvalue weighted by Gasteiger charge is -1.82. The maximum absolute atomic E-state index is 5.14. The molecule has 0 bridgehead atoms. The minimum Gasteiger partial charge on any atom is -0.115 e. The number of rotatable bonds is 2. The van der Waals surface area contributed by atoms with Crippen molar-refractivity contribution in [3.05, 3.63) is 35.5 Å². The van der Waals surface area contributed by atoms with Crippen molar-refractivity contribution in [1.29, 1.82) is 0 Å². The van der Waals surface area contributed by atoms with Gasteiger partial charge in [0.15, 0.2) is 0 Å². The van der Waals surface area contributed by atoms with Gasteiger partial charge in [-0.3, -0.25) is 0 Å². The Morgan fingerprint density at radius 3 is 1.50 bits per heavy atom. The lowest BCUT2D eigenvalue weighted by atomic mass is 10.2. The molecule has 0 saturated heterocycles. The molecular formula is C12H12. The molecule has 0 aliphatic rings. The van der Waals surface area contributed by atoms with Crippen molar-refractivity contribution < 1.29 is 0 Å². The van der Waals surface area contributed by atoms with Gasteiger partial charge in [0.2, 0.25) is 0 Å². The Kier molecular flexibility index (Phi) is 5.24. The smallest absolute Gasteiger partial charge is 0.00135 e. The van der Waals surface area contributed by atoms with Crippen molar-refractivity contribution >= 4 is 0 Å². The van der Waals surface area contributed by atoms with Crippen LogP contribution in [0.5, 0.6) is 0 Å². The highest BCUT2D eigenvalue weighted by atomic mass is 13.8. The predicted octanol–water partition coefficient (Wildman–Crippen LogP) is 2.70. The molecule has 0 fully saturated rings. The highest BCUT2D eigenvalue weighted by Gasteiger charge is 1.75. The lowest BCUT2D eigenvalue weighted by Crippen LogP contribution is -1.65. The van der Waals surface area contributed by atoms with E-state index in [2.05, 4.69) is 11.8 Å². The van der Waals surface area contributed by atoms with Crippen molar-refractivity contribution in [3.8, 4) is 24.7 Å². The summed E-state index contributed by atoms with van der Waals surface area (Å²) >= 11 is 0. The van der Waals surface area contributed by atoms with E-state index in [0.717, 1.165) is 11.1 Å². The van der Waals surface area contributed by atoms with E-state index in [-0.39, 0.29) is 0 Å². The first-order chi connectivity index (χ1) is 5.70. The SMILES string of the molecule is C#CC(C)=CC=CC=C(C)C#C. The van der Waals surface area contributed by atoms with Crippen LogP contribution in [-0.4, -0.2) is 0 Å². The normalized spacial score (nSPS) is 12.7. The second-order valence-electron chi connectivity index (χ2n) is 2.37. The third kappa shape index (κ3) is 5.15. The number of terminal acetylenes is 2. The van der Waals surface area contributed by atoms with Crippen molar-refractivity contribution in [2.75, 3.05) is 0 Å². The van der Waals surface area contributed by atoms with E-state index in [9.17, 15) is 0 Å². The van der Waals surface area contributed by atoms with Gasteiger partial charge < -0.3 is 0 Å². The Labute approximate surface area is 74.7 Å². The van der Waals surface area contributed by atoms with Crippen LogP contribution in [0.4, 0.5) is 0 Å². The quantitative estimate of drug-likeness (QED) is 0.426. The van der Waals surface area contributed by atoms with E-state index in [0.29, 0.717) is 0 Å². The highest BCUT2D eigenvalue weighted by Crippen LogP contribution is 1.92. The number of hydrogen-bond acceptors (Lipinski definition) is 0. The first kappa shape index (κ1) is 10.3. The van der Waals surface area contributed by atoms with Crippen LogP contribution in [0.15, 0.2) is 35.5 Å². The Morgan fingerprint density at radius 1 is 0.917 bits per heavy atom. The van der Waals surface area contributed by atoms with Crippen molar-refractivity contribution in [3.63, 3.8) is 0 Å². The van der Waals surface area contributed by atoms with Crippen molar-refractivity contribution in [2.45, 2.75) is 13.8 Å². The molecular weight excluding hydrogens is 144 g/mol. The van der Waals surface area contributed by atoms with E-state index < -0.39 is 0 Å². The summed E-state index contributed by atoms with van der Waals surface area (Å²) in [6.45, 7) is 3.75. The van der Waals surface area contributed by atoms with Crippen molar-refractivity contribution in [1.82, 2.24) is 0 Å². The van der Waals surface area contributed by atoms with Gasteiger partial charge in [0.1, 0.15) is 0 Å². The van der Waals surface area contributed by atoms with Gasteiger partial charge in [0.05, 0.1) is 0 Å². The molecule has 0 saturated carbocycles. The van der Waals surface area contributed by atoms with Gasteiger partial charge >= 0.3 is 0 Å². The summed E-state index contributed by atoms with van der Waals surface area (Å²) in [7, 11) is 0. The molecule has 0 aromatic carbocycles. The summed E-state index contributed by atoms with van der Waals surface area (Å²) in [5.74, 6) is 5.03. The second-order valence-corrected chi connectivity index (χ2v) is 2.37. The second kappa shape index (κ2) is 6.08. The maximum atomic E-state index is 5.14. The van der Waals surface area contributed by atoms with Gasteiger partial charge in [-0.2, -0.15) is 0 Å². The average molecular weight is 156 g/mol. The fourth-order valence-electron chi connectivity index (χ4n) is 0.496. The molecule has 0 nitrogen and oxygen atoms in total. The third-order valence-corrected chi connectivity index (χ3v) is 1.26. The summed E-state index contributed by atoms with van der Waals surface area (Å²) < 4.78 is 0. The fourth-order valence-corrected chi connectivity index (χ4v) is 0.496. The fraction of sp³-hybridized carbons (Fsp3) is 0.167. The standard InChI is InChI=1S/C12H12/c1-5-11(3)9-7-8-10-12(4)6-2/h1-2,7-10H,3-4H3. The molecule has 0 rings (SSSR count). The van der Waals surface area contributed by atoms with Gasteiger partial charge in [0.25, 0.3) is 0 Å². The van der Waals surface area contributed by atoms with Gasteiger partial charge in [-0.05, 0) is 25.0 Å². The minimum absolute atomic E-state index is 0.901. The Bertz CT molecular complexity index is 266. The van der Waals surface area contributed by atoms with Gasteiger partial charge in [-0.25, -0.2) is 0 Å². The molecule has 0 aromatic rings. The Balaban J connectivity index is 4.15. The molecule has 0 unspecified atom stereocenters. The zero-order chi connectivity index (χ0) is 9.40. The zero-order valence-corrected chi connectivity index (χ0v) is 7.46. The maximum Gasteiger partial charge on any atom is -0.00135 e. The zero-order valence-electron chi connectivity index (χ0n) is 7.46. The van der Waals surface area contributed by atoms with Crippen LogP contribution in [0.3, 0.4) is 0 Å². The highest BCUT2D eigenvalue weighted by molar-refractivity contribution is 5.31. The number of allylic oxidation sites excluding steroid dienone is 6. The van der Waals surface area contributed by atoms with E-state index in [4.69, 9.17) is 12.8 Å². The summed E-state index contributed by atoms with van der Waals surface area (Å²) in [6, 6.07) is 0. The van der Waals surface area contributed by atoms with Gasteiger partial charge in [-0.1, -0.05) is 36.1 Å². The molecule has 0 amide bonds. The molecule has 0 atom stereocenters. The van der Waals surface area contributed by atoms with Crippen LogP contribution in [0.25, 0.3) is 0 Å². The van der Waals surface area contributed by atoms with Gasteiger partial charge in [-0.15, -0.1) is 12.8 Å². The summed E-state index contributed by atoms with van der Waals surface area (Å²) in [5.41, 5.74) is 1.80. The van der Waals surface area contributed by atoms with E-state index in [1.807, 2.05) is 38.2 Å². The first-order valence-corrected chi connectivity index (χ1v) is 3.65. The third-order valence-electron chi connectivity index (χ3n) is 1.26. The van der Waals surface area contributed by atoms with Crippen LogP contribution in [-0.2, 0) is 0 Å². The molecule has 0 aliphatic heterocycles. The molecule has 0 heteroatoms. The molecule has 60 valence electrons. The first-order valence-electron chi connectivity index (χ1n) is 3.65. The van der Waals surface area contributed by atoms with E-state index in [1.165, 1.54) is 0 Å². The summed E-state index contributed by atoms with van der Waals surface area (Å²) in [4.78, 5) is 0. The van der Waals surface area contributed by atoms with Gasteiger partial charge in [0, 0.05) is 0 Å². The van der Waals surface area contributed by atoms with E-state index >= 15 is 0 Å². The lowest BCUT2D eigenvalue weighted by molar-refractivity contribution is 1.56. The minimum atomic E-state index is 0.901. The van der Waals surface area contributed by atoms with Crippen LogP contribution in [0.1, 0.15) is 13.8 Å². The topological polar surface area (TPSA) is 0 Å². The monoisotopic (exact) mass is 156 g/mol. The molecule has 0 heterocycles. The average Bonchev–Trinajstić information content (AvgIpc) is 2.11. The molecule has 0 radical (unpaired) electrons. The Morgan fingerprint density at radius 2 is 1.25 bits per heavy atom. The molecule has 0 aromatic heterocycles. The summed E-state index contributed by atoms with van der Waals surface area (Å²) in [6.07, 6.45) is 17.7. The molecule has 0 spiro atoms. The predicted molar refractivity (Wildman–Crippen MR) is 54.3 cm³/mol. The number of hydrogen-bond donors (Lipinski definition) is 0. The van der Waals surface area contributed by atoms with Crippen LogP contribution in [0.2, 0.25) is 0 Å².